The standard InChI is InChI=1S/C23H21N5O/c1-2-4-19(5-3-1)17-29-21-8-6-20(7-9-21)27-23-25-15-12-22(28-23)26-16-18-10-13-24-14-11-18/h1-15H,16-17H2,(H2,25,26,27,28). The number of aromatic nitrogens is 3. The molecule has 0 radical (unpaired) electrons. The van der Waals surface area contributed by atoms with Crippen LogP contribution in [0.5, 0.6) is 5.75 Å². The molecule has 2 aromatic carbocycles. The molecule has 0 aliphatic rings. The molecule has 0 unspecified atom stereocenters. The van der Waals surface area contributed by atoms with E-state index in [2.05, 4.69) is 25.6 Å². The average molecular weight is 383 g/mol. The maximum atomic E-state index is 5.82. The number of anilines is 3. The molecule has 0 aliphatic carbocycles. The van der Waals surface area contributed by atoms with Gasteiger partial charge in [0.2, 0.25) is 5.95 Å². The van der Waals surface area contributed by atoms with Crippen LogP contribution in [0.2, 0.25) is 0 Å². The van der Waals surface area contributed by atoms with Crippen LogP contribution in [0.25, 0.3) is 0 Å². The highest BCUT2D eigenvalue weighted by Gasteiger charge is 2.02. The fourth-order valence-corrected chi connectivity index (χ4v) is 2.72. The lowest BCUT2D eigenvalue weighted by Crippen LogP contribution is -2.04. The molecule has 6 nitrogen and oxygen atoms in total. The fourth-order valence-electron chi connectivity index (χ4n) is 2.72. The summed E-state index contributed by atoms with van der Waals surface area (Å²) in [6.07, 6.45) is 5.27. The molecule has 0 atom stereocenters. The molecule has 2 N–H and O–H groups in total. The summed E-state index contributed by atoms with van der Waals surface area (Å²) < 4.78 is 5.82. The first kappa shape index (κ1) is 18.4. The van der Waals surface area contributed by atoms with Gasteiger partial charge in [0.15, 0.2) is 0 Å². The molecule has 0 fully saturated rings. The molecule has 0 saturated heterocycles. The van der Waals surface area contributed by atoms with E-state index < -0.39 is 0 Å². The van der Waals surface area contributed by atoms with E-state index in [0.717, 1.165) is 28.4 Å². The van der Waals surface area contributed by atoms with Crippen LogP contribution < -0.4 is 15.4 Å². The van der Waals surface area contributed by atoms with Crippen molar-refractivity contribution in [2.45, 2.75) is 13.2 Å². The smallest absolute Gasteiger partial charge is 0.229 e. The predicted molar refractivity (Wildman–Crippen MR) is 114 cm³/mol. The molecule has 2 heterocycles. The lowest BCUT2D eigenvalue weighted by molar-refractivity contribution is 0.306. The Kier molecular flexibility index (Phi) is 5.93. The first-order chi connectivity index (χ1) is 14.3. The minimum absolute atomic E-state index is 0.530. The minimum Gasteiger partial charge on any atom is -0.489 e. The second kappa shape index (κ2) is 9.32. The summed E-state index contributed by atoms with van der Waals surface area (Å²) in [6, 6.07) is 23.6. The van der Waals surface area contributed by atoms with Crippen molar-refractivity contribution in [2.24, 2.45) is 0 Å². The SMILES string of the molecule is c1ccc(COc2ccc(Nc3nccc(NCc4ccncc4)n3)cc2)cc1. The van der Waals surface area contributed by atoms with Crippen molar-refractivity contribution >= 4 is 17.5 Å². The van der Waals surface area contributed by atoms with Gasteiger partial charge in [0, 0.05) is 30.8 Å². The molecule has 4 aromatic rings. The molecular weight excluding hydrogens is 362 g/mol. The van der Waals surface area contributed by atoms with E-state index >= 15 is 0 Å². The molecule has 2 aromatic heterocycles. The zero-order valence-electron chi connectivity index (χ0n) is 15.8. The third-order valence-electron chi connectivity index (χ3n) is 4.24. The average Bonchev–Trinajstić information content (AvgIpc) is 2.79. The third-order valence-corrected chi connectivity index (χ3v) is 4.24. The Morgan fingerprint density at radius 3 is 2.34 bits per heavy atom. The Hall–Kier alpha value is -3.93. The Balaban J connectivity index is 1.33. The van der Waals surface area contributed by atoms with E-state index in [1.165, 1.54) is 0 Å². The number of hydrogen-bond donors (Lipinski definition) is 2. The lowest BCUT2D eigenvalue weighted by Gasteiger charge is -2.10. The summed E-state index contributed by atoms with van der Waals surface area (Å²) in [5.41, 5.74) is 3.17. The lowest BCUT2D eigenvalue weighted by atomic mass is 10.2. The zero-order valence-corrected chi connectivity index (χ0v) is 15.8. The van der Waals surface area contributed by atoms with Gasteiger partial charge in [-0.25, -0.2) is 4.98 Å². The van der Waals surface area contributed by atoms with Crippen molar-refractivity contribution in [1.29, 1.82) is 0 Å². The number of ether oxygens (including phenoxy) is 1. The van der Waals surface area contributed by atoms with E-state index in [4.69, 9.17) is 4.74 Å². The van der Waals surface area contributed by atoms with Crippen LogP contribution >= 0.6 is 0 Å². The van der Waals surface area contributed by atoms with Crippen LogP contribution in [0.15, 0.2) is 91.4 Å². The zero-order chi connectivity index (χ0) is 19.7. The van der Waals surface area contributed by atoms with E-state index in [-0.39, 0.29) is 0 Å². The summed E-state index contributed by atoms with van der Waals surface area (Å²) in [7, 11) is 0. The first-order valence-electron chi connectivity index (χ1n) is 9.35. The number of pyridine rings is 1. The van der Waals surface area contributed by atoms with Crippen LogP contribution in [-0.2, 0) is 13.2 Å². The molecule has 0 spiro atoms. The minimum atomic E-state index is 0.530. The molecule has 0 bridgehead atoms. The van der Waals surface area contributed by atoms with Crippen molar-refractivity contribution in [3.8, 4) is 5.75 Å². The Bertz CT molecular complexity index is 1020. The summed E-state index contributed by atoms with van der Waals surface area (Å²) in [4.78, 5) is 12.8. The fraction of sp³-hybridized carbons (Fsp3) is 0.0870. The van der Waals surface area contributed by atoms with E-state index in [0.29, 0.717) is 19.1 Å². The Morgan fingerprint density at radius 1 is 0.759 bits per heavy atom. The normalized spacial score (nSPS) is 10.3. The number of benzene rings is 2. The maximum absolute atomic E-state index is 5.82. The predicted octanol–water partition coefficient (Wildman–Crippen LogP) is 4.81. The van der Waals surface area contributed by atoms with Gasteiger partial charge < -0.3 is 15.4 Å². The molecule has 0 saturated carbocycles. The molecule has 6 heteroatoms. The van der Waals surface area contributed by atoms with Crippen LogP contribution in [0, 0.1) is 0 Å². The number of hydrogen-bond acceptors (Lipinski definition) is 6. The molecule has 0 aliphatic heterocycles. The van der Waals surface area contributed by atoms with E-state index in [1.807, 2.05) is 72.8 Å². The molecule has 29 heavy (non-hydrogen) atoms. The molecule has 144 valence electrons. The highest BCUT2D eigenvalue weighted by molar-refractivity contribution is 5.55. The van der Waals surface area contributed by atoms with Gasteiger partial charge in [-0.15, -0.1) is 0 Å². The molecular formula is C23H21N5O. The van der Waals surface area contributed by atoms with Crippen molar-refractivity contribution in [1.82, 2.24) is 15.0 Å². The summed E-state index contributed by atoms with van der Waals surface area (Å²) in [5.74, 6) is 2.10. The van der Waals surface area contributed by atoms with Crippen LogP contribution in [0.1, 0.15) is 11.1 Å². The molecule has 4 rings (SSSR count). The van der Waals surface area contributed by atoms with Gasteiger partial charge >= 0.3 is 0 Å². The summed E-state index contributed by atoms with van der Waals surface area (Å²) in [5, 5.41) is 6.51. The van der Waals surface area contributed by atoms with Gasteiger partial charge in [0.05, 0.1) is 0 Å². The summed E-state index contributed by atoms with van der Waals surface area (Å²) >= 11 is 0. The van der Waals surface area contributed by atoms with Gasteiger partial charge in [-0.05, 0) is 53.6 Å². The van der Waals surface area contributed by atoms with Gasteiger partial charge in [0.25, 0.3) is 0 Å². The Labute approximate surface area is 169 Å². The largest absolute Gasteiger partial charge is 0.489 e. The van der Waals surface area contributed by atoms with Crippen LogP contribution in [-0.4, -0.2) is 15.0 Å². The van der Waals surface area contributed by atoms with E-state index in [1.54, 1.807) is 18.6 Å². The van der Waals surface area contributed by atoms with Crippen molar-refractivity contribution in [2.75, 3.05) is 10.6 Å². The quantitative estimate of drug-likeness (QED) is 0.455. The second-order valence-electron chi connectivity index (χ2n) is 6.40. The van der Waals surface area contributed by atoms with Gasteiger partial charge in [-0.2, -0.15) is 4.98 Å². The topological polar surface area (TPSA) is 72.0 Å². The van der Waals surface area contributed by atoms with E-state index in [9.17, 15) is 0 Å². The monoisotopic (exact) mass is 383 g/mol. The van der Waals surface area contributed by atoms with Crippen LogP contribution in [0.4, 0.5) is 17.5 Å². The highest BCUT2D eigenvalue weighted by atomic mass is 16.5. The van der Waals surface area contributed by atoms with Crippen molar-refractivity contribution in [3.63, 3.8) is 0 Å². The second-order valence-corrected chi connectivity index (χ2v) is 6.40. The van der Waals surface area contributed by atoms with Crippen molar-refractivity contribution in [3.05, 3.63) is 103 Å². The highest BCUT2D eigenvalue weighted by Crippen LogP contribution is 2.20. The van der Waals surface area contributed by atoms with Crippen LogP contribution in [0.3, 0.4) is 0 Å². The Morgan fingerprint density at radius 2 is 1.55 bits per heavy atom. The number of nitrogens with zero attached hydrogens (tertiary/aromatic N) is 3. The van der Waals surface area contributed by atoms with Gasteiger partial charge in [0.1, 0.15) is 18.2 Å². The van der Waals surface area contributed by atoms with Gasteiger partial charge in [-0.3, -0.25) is 4.98 Å². The summed E-state index contributed by atoms with van der Waals surface area (Å²) in [6.45, 7) is 1.22. The van der Waals surface area contributed by atoms with Crippen molar-refractivity contribution < 1.29 is 4.74 Å². The molecule has 0 amide bonds. The number of rotatable bonds is 8. The third kappa shape index (κ3) is 5.52. The number of nitrogens with one attached hydrogen (secondary N) is 2. The van der Waals surface area contributed by atoms with Gasteiger partial charge in [-0.1, -0.05) is 30.3 Å². The first-order valence-corrected chi connectivity index (χ1v) is 9.35. The maximum Gasteiger partial charge on any atom is 0.229 e.